The highest BCUT2D eigenvalue weighted by Gasteiger charge is 2.11. The summed E-state index contributed by atoms with van der Waals surface area (Å²) in [5, 5.41) is 5.93. The van der Waals surface area contributed by atoms with Crippen LogP contribution in [0.25, 0.3) is 0 Å². The molecule has 1 atom stereocenters. The highest BCUT2D eigenvalue weighted by atomic mass is 16.1. The van der Waals surface area contributed by atoms with Crippen molar-refractivity contribution in [3.05, 3.63) is 23.8 Å². The molecule has 0 spiro atoms. The number of likely N-dealkylation sites (N-methyl/N-ethyl adjacent to an activating group) is 1. The highest BCUT2D eigenvalue weighted by Crippen LogP contribution is 2.19. The lowest BCUT2D eigenvalue weighted by molar-refractivity contribution is 0.0964. The van der Waals surface area contributed by atoms with E-state index >= 15 is 0 Å². The topological polar surface area (TPSA) is 70.4 Å². The molecule has 0 aliphatic rings. The van der Waals surface area contributed by atoms with Crippen molar-refractivity contribution in [1.82, 2.24) is 10.2 Å². The van der Waals surface area contributed by atoms with Crippen LogP contribution in [-0.2, 0) is 0 Å². The number of anilines is 2. The molecule has 0 saturated carbocycles. The van der Waals surface area contributed by atoms with Gasteiger partial charge in [0.25, 0.3) is 5.91 Å². The van der Waals surface area contributed by atoms with Gasteiger partial charge in [-0.15, -0.1) is 0 Å². The van der Waals surface area contributed by atoms with Crippen LogP contribution in [0.4, 0.5) is 11.4 Å². The second-order valence-electron chi connectivity index (χ2n) is 5.05. The fourth-order valence-electron chi connectivity index (χ4n) is 1.94. The van der Waals surface area contributed by atoms with E-state index in [1.807, 2.05) is 0 Å². The van der Waals surface area contributed by atoms with Gasteiger partial charge in [-0.2, -0.15) is 0 Å². The van der Waals surface area contributed by atoms with E-state index < -0.39 is 0 Å². The van der Waals surface area contributed by atoms with Gasteiger partial charge >= 0.3 is 0 Å². The SMILES string of the molecule is CCC(C)N(C)CCNc1cc(N)ccc1C(=O)NC. The Morgan fingerprint density at radius 3 is 2.75 bits per heavy atom. The van der Waals surface area contributed by atoms with Crippen molar-refractivity contribution in [3.8, 4) is 0 Å². The Morgan fingerprint density at radius 1 is 1.45 bits per heavy atom. The predicted molar refractivity (Wildman–Crippen MR) is 85.1 cm³/mol. The number of nitrogens with one attached hydrogen (secondary N) is 2. The molecule has 0 saturated heterocycles. The van der Waals surface area contributed by atoms with Crippen LogP contribution in [0.15, 0.2) is 18.2 Å². The Labute approximate surface area is 121 Å². The second-order valence-corrected chi connectivity index (χ2v) is 5.05. The quantitative estimate of drug-likeness (QED) is 0.665. The lowest BCUT2D eigenvalue weighted by Gasteiger charge is -2.24. The molecule has 1 amide bonds. The zero-order valence-corrected chi connectivity index (χ0v) is 12.9. The van der Waals surface area contributed by atoms with E-state index in [0.29, 0.717) is 17.3 Å². The first-order valence-electron chi connectivity index (χ1n) is 7.05. The Bertz CT molecular complexity index is 447. The smallest absolute Gasteiger partial charge is 0.253 e. The van der Waals surface area contributed by atoms with E-state index in [-0.39, 0.29) is 5.91 Å². The zero-order chi connectivity index (χ0) is 15.1. The average molecular weight is 278 g/mol. The van der Waals surface area contributed by atoms with Crippen molar-refractivity contribution in [2.75, 3.05) is 38.2 Å². The van der Waals surface area contributed by atoms with Crippen LogP contribution in [0.1, 0.15) is 30.6 Å². The van der Waals surface area contributed by atoms with E-state index in [0.717, 1.165) is 25.2 Å². The Morgan fingerprint density at radius 2 is 2.15 bits per heavy atom. The number of carbonyl (C=O) groups is 1. The maximum atomic E-state index is 11.8. The number of nitrogens with two attached hydrogens (primary N) is 1. The van der Waals surface area contributed by atoms with Crippen molar-refractivity contribution in [2.24, 2.45) is 0 Å². The molecule has 0 aliphatic heterocycles. The maximum Gasteiger partial charge on any atom is 0.253 e. The monoisotopic (exact) mass is 278 g/mol. The number of carbonyl (C=O) groups excluding carboxylic acids is 1. The van der Waals surface area contributed by atoms with Gasteiger partial charge in [0.1, 0.15) is 0 Å². The Hall–Kier alpha value is -1.75. The van der Waals surface area contributed by atoms with E-state index in [1.165, 1.54) is 0 Å². The minimum Gasteiger partial charge on any atom is -0.399 e. The number of nitrogens with zero attached hydrogens (tertiary/aromatic N) is 1. The summed E-state index contributed by atoms with van der Waals surface area (Å²) in [4.78, 5) is 14.1. The molecular formula is C15H26N4O. The summed E-state index contributed by atoms with van der Waals surface area (Å²) in [7, 11) is 3.73. The van der Waals surface area contributed by atoms with Crippen LogP contribution in [0.2, 0.25) is 0 Å². The second kappa shape index (κ2) is 7.75. The molecule has 0 radical (unpaired) electrons. The molecule has 5 heteroatoms. The molecule has 1 rings (SSSR count). The van der Waals surface area contributed by atoms with Crippen LogP contribution in [0, 0.1) is 0 Å². The van der Waals surface area contributed by atoms with E-state index in [4.69, 9.17) is 5.73 Å². The molecule has 0 heterocycles. The standard InChI is InChI=1S/C15H26N4O/c1-5-11(2)19(4)9-8-18-14-10-12(16)6-7-13(14)15(20)17-3/h6-7,10-11,18H,5,8-9,16H2,1-4H3,(H,17,20). The summed E-state index contributed by atoms with van der Waals surface area (Å²) >= 11 is 0. The van der Waals surface area contributed by atoms with Gasteiger partial charge in [-0.25, -0.2) is 0 Å². The van der Waals surface area contributed by atoms with Crippen molar-refractivity contribution in [1.29, 1.82) is 0 Å². The third-order valence-electron chi connectivity index (χ3n) is 3.64. The lowest BCUT2D eigenvalue weighted by Crippen LogP contribution is -2.33. The molecule has 1 aromatic rings. The summed E-state index contributed by atoms with van der Waals surface area (Å²) < 4.78 is 0. The van der Waals surface area contributed by atoms with Gasteiger partial charge < -0.3 is 21.3 Å². The first-order chi connectivity index (χ1) is 9.49. The van der Waals surface area contributed by atoms with Crippen molar-refractivity contribution < 1.29 is 4.79 Å². The summed E-state index contributed by atoms with van der Waals surface area (Å²) in [6.45, 7) is 6.07. The van der Waals surface area contributed by atoms with Gasteiger partial charge in [-0.05, 0) is 38.6 Å². The summed E-state index contributed by atoms with van der Waals surface area (Å²) in [5.41, 5.74) is 7.83. The van der Waals surface area contributed by atoms with Crippen molar-refractivity contribution >= 4 is 17.3 Å². The fraction of sp³-hybridized carbons (Fsp3) is 0.533. The minimum atomic E-state index is -0.109. The molecule has 1 aromatic carbocycles. The van der Waals surface area contributed by atoms with Gasteiger partial charge in [0, 0.05) is 37.6 Å². The average Bonchev–Trinajstić information content (AvgIpc) is 2.45. The van der Waals surface area contributed by atoms with E-state index in [9.17, 15) is 4.79 Å². The third kappa shape index (κ3) is 4.42. The van der Waals surface area contributed by atoms with Crippen molar-refractivity contribution in [2.45, 2.75) is 26.3 Å². The van der Waals surface area contributed by atoms with E-state index in [2.05, 4.69) is 36.4 Å². The summed E-state index contributed by atoms with van der Waals surface area (Å²) in [6.07, 6.45) is 1.12. The molecule has 1 unspecified atom stereocenters. The van der Waals surface area contributed by atoms with Gasteiger partial charge in [0.2, 0.25) is 0 Å². The Kier molecular flexibility index (Phi) is 6.31. The third-order valence-corrected chi connectivity index (χ3v) is 3.64. The first kappa shape index (κ1) is 16.3. The number of rotatable bonds is 7. The van der Waals surface area contributed by atoms with Crippen LogP contribution in [0.3, 0.4) is 0 Å². The Balaban J connectivity index is 2.67. The largest absolute Gasteiger partial charge is 0.399 e. The molecule has 0 aliphatic carbocycles. The number of hydrogen-bond acceptors (Lipinski definition) is 4. The van der Waals surface area contributed by atoms with E-state index in [1.54, 1.807) is 25.2 Å². The van der Waals surface area contributed by atoms with Crippen LogP contribution < -0.4 is 16.4 Å². The summed E-state index contributed by atoms with van der Waals surface area (Å²) in [6, 6.07) is 5.83. The number of benzene rings is 1. The number of amides is 1. The predicted octanol–water partition coefficient (Wildman–Crippen LogP) is 1.77. The van der Waals surface area contributed by atoms with Gasteiger partial charge in [-0.3, -0.25) is 4.79 Å². The van der Waals surface area contributed by atoms with Gasteiger partial charge in [-0.1, -0.05) is 6.92 Å². The summed E-state index contributed by atoms with van der Waals surface area (Å²) in [5.74, 6) is -0.109. The molecular weight excluding hydrogens is 252 g/mol. The first-order valence-corrected chi connectivity index (χ1v) is 7.05. The zero-order valence-electron chi connectivity index (χ0n) is 12.9. The number of nitrogen functional groups attached to an aromatic ring is 1. The molecule has 0 fully saturated rings. The minimum absolute atomic E-state index is 0.109. The normalized spacial score (nSPS) is 12.2. The molecule has 4 N–H and O–H groups in total. The maximum absolute atomic E-state index is 11.8. The van der Waals surface area contributed by atoms with Gasteiger partial charge in [0.15, 0.2) is 0 Å². The fourth-order valence-corrected chi connectivity index (χ4v) is 1.94. The van der Waals surface area contributed by atoms with Gasteiger partial charge in [0.05, 0.1) is 5.56 Å². The molecule has 112 valence electrons. The molecule has 5 nitrogen and oxygen atoms in total. The van der Waals surface area contributed by atoms with Crippen molar-refractivity contribution in [3.63, 3.8) is 0 Å². The molecule has 0 bridgehead atoms. The van der Waals surface area contributed by atoms with Crippen LogP contribution in [-0.4, -0.2) is 44.0 Å². The molecule has 0 aromatic heterocycles. The number of hydrogen-bond donors (Lipinski definition) is 3. The lowest BCUT2D eigenvalue weighted by atomic mass is 10.1. The van der Waals surface area contributed by atoms with Crippen LogP contribution in [0.5, 0.6) is 0 Å². The highest BCUT2D eigenvalue weighted by molar-refractivity contribution is 6.00. The van der Waals surface area contributed by atoms with Crippen LogP contribution >= 0.6 is 0 Å². The molecule has 20 heavy (non-hydrogen) atoms.